The summed E-state index contributed by atoms with van der Waals surface area (Å²) in [5, 5.41) is 0.807. The van der Waals surface area contributed by atoms with Gasteiger partial charge in [-0.1, -0.05) is 23.7 Å². The van der Waals surface area contributed by atoms with Crippen molar-refractivity contribution in [3.05, 3.63) is 58.1 Å². The highest BCUT2D eigenvalue weighted by Crippen LogP contribution is 2.45. The Morgan fingerprint density at radius 3 is 2.38 bits per heavy atom. The van der Waals surface area contributed by atoms with Gasteiger partial charge in [-0.25, -0.2) is 0 Å². The number of hydrogen-bond acceptors (Lipinski definition) is 3. The molecular formula is C21H25Cl2NO2. The smallest absolute Gasteiger partial charge is 0.161 e. The summed E-state index contributed by atoms with van der Waals surface area (Å²) in [5.74, 6) is 2.24. The summed E-state index contributed by atoms with van der Waals surface area (Å²) in [7, 11) is 3.42. The molecule has 2 unspecified atom stereocenters. The van der Waals surface area contributed by atoms with E-state index >= 15 is 0 Å². The highest BCUT2D eigenvalue weighted by Gasteiger charge is 2.34. The molecule has 0 bridgehead atoms. The molecule has 0 aliphatic carbocycles. The second-order valence-electron chi connectivity index (χ2n) is 6.98. The van der Waals surface area contributed by atoms with Gasteiger partial charge in [-0.2, -0.15) is 0 Å². The first-order valence-corrected chi connectivity index (χ1v) is 9.31. The Bertz CT molecular complexity index is 763. The van der Waals surface area contributed by atoms with E-state index in [-0.39, 0.29) is 12.4 Å². The number of nitrogens with zero attached hydrogens (tertiary/aromatic N) is 1. The van der Waals surface area contributed by atoms with Crippen molar-refractivity contribution in [2.45, 2.75) is 31.2 Å². The van der Waals surface area contributed by atoms with Crippen molar-refractivity contribution in [1.82, 2.24) is 4.90 Å². The van der Waals surface area contributed by atoms with Crippen LogP contribution in [0.15, 0.2) is 36.4 Å². The van der Waals surface area contributed by atoms with Gasteiger partial charge in [0.2, 0.25) is 0 Å². The first-order valence-electron chi connectivity index (χ1n) is 8.94. The van der Waals surface area contributed by atoms with E-state index in [2.05, 4.69) is 29.2 Å². The fraction of sp³-hybridized carbons (Fsp3) is 0.429. The maximum atomic E-state index is 6.06. The van der Waals surface area contributed by atoms with Crippen LogP contribution in [0, 0.1) is 0 Å². The quantitative estimate of drug-likeness (QED) is 0.709. The zero-order valence-corrected chi connectivity index (χ0v) is 16.8. The van der Waals surface area contributed by atoms with Crippen molar-refractivity contribution in [2.24, 2.45) is 0 Å². The molecule has 4 rings (SSSR count). The first-order chi connectivity index (χ1) is 12.2. The van der Waals surface area contributed by atoms with E-state index < -0.39 is 0 Å². The molecule has 1 fully saturated rings. The van der Waals surface area contributed by atoms with Gasteiger partial charge in [-0.3, -0.25) is 4.90 Å². The monoisotopic (exact) mass is 393 g/mol. The van der Waals surface area contributed by atoms with E-state index in [0.717, 1.165) is 42.5 Å². The van der Waals surface area contributed by atoms with Crippen LogP contribution in [0.25, 0.3) is 0 Å². The standard InChI is InChI=1S/C21H24ClNO2.ClH/c1-24-20-12-16-8-10-23-9-7-15(14-3-5-17(22)6-4-14)11-19(23)18(16)13-21(20)25-2;/h3-6,12-13,15,19H,7-11H2,1-2H3;1H. The van der Waals surface area contributed by atoms with Gasteiger partial charge in [0, 0.05) is 17.6 Å². The number of hydrogen-bond donors (Lipinski definition) is 0. The van der Waals surface area contributed by atoms with Crippen LogP contribution in [0.3, 0.4) is 0 Å². The molecule has 140 valence electrons. The average Bonchev–Trinajstić information content (AvgIpc) is 2.66. The van der Waals surface area contributed by atoms with Crippen molar-refractivity contribution >= 4 is 24.0 Å². The van der Waals surface area contributed by atoms with Crippen molar-refractivity contribution in [1.29, 1.82) is 0 Å². The molecule has 1 saturated heterocycles. The summed E-state index contributed by atoms with van der Waals surface area (Å²) in [6.45, 7) is 2.27. The summed E-state index contributed by atoms with van der Waals surface area (Å²) in [6, 6.07) is 13.2. The van der Waals surface area contributed by atoms with Crippen LogP contribution in [0.5, 0.6) is 11.5 Å². The lowest BCUT2D eigenvalue weighted by atomic mass is 9.79. The maximum absolute atomic E-state index is 6.06. The van der Waals surface area contributed by atoms with Crippen LogP contribution in [0.4, 0.5) is 0 Å². The molecule has 0 aromatic heterocycles. The van der Waals surface area contributed by atoms with Crippen LogP contribution >= 0.6 is 24.0 Å². The van der Waals surface area contributed by atoms with Gasteiger partial charge in [0.15, 0.2) is 11.5 Å². The number of rotatable bonds is 3. The normalized spacial score (nSPS) is 22.0. The van der Waals surface area contributed by atoms with Gasteiger partial charge in [-0.05, 0) is 72.7 Å². The molecule has 5 heteroatoms. The predicted molar refractivity (Wildman–Crippen MR) is 108 cm³/mol. The summed E-state index contributed by atoms with van der Waals surface area (Å²) >= 11 is 6.06. The minimum atomic E-state index is 0. The van der Waals surface area contributed by atoms with E-state index in [0.29, 0.717) is 12.0 Å². The first kappa shape index (κ1) is 19.3. The number of benzene rings is 2. The molecule has 2 aliphatic rings. The molecule has 3 nitrogen and oxygen atoms in total. The molecule has 0 N–H and O–H groups in total. The molecule has 0 radical (unpaired) electrons. The Balaban J connectivity index is 0.00000196. The highest BCUT2D eigenvalue weighted by atomic mass is 35.5. The fourth-order valence-corrected chi connectivity index (χ4v) is 4.50. The second kappa shape index (κ2) is 8.08. The Labute approximate surface area is 166 Å². The van der Waals surface area contributed by atoms with Crippen LogP contribution in [0.1, 0.15) is 41.5 Å². The van der Waals surface area contributed by atoms with Gasteiger partial charge in [0.05, 0.1) is 14.2 Å². The van der Waals surface area contributed by atoms with Crippen LogP contribution < -0.4 is 9.47 Å². The minimum Gasteiger partial charge on any atom is -0.493 e. The van der Waals surface area contributed by atoms with Gasteiger partial charge in [-0.15, -0.1) is 12.4 Å². The molecule has 0 spiro atoms. The molecule has 2 atom stereocenters. The SMILES string of the molecule is COc1cc2c(cc1OC)C1CC(c3ccc(Cl)cc3)CCN1CC2.Cl. The fourth-order valence-electron chi connectivity index (χ4n) is 4.37. The zero-order valence-electron chi connectivity index (χ0n) is 15.2. The Morgan fingerprint density at radius 2 is 1.69 bits per heavy atom. The molecule has 2 aromatic carbocycles. The van der Waals surface area contributed by atoms with E-state index in [1.807, 2.05) is 12.1 Å². The molecule has 26 heavy (non-hydrogen) atoms. The van der Waals surface area contributed by atoms with Crippen molar-refractivity contribution in [3.63, 3.8) is 0 Å². The Kier molecular flexibility index (Phi) is 6.01. The van der Waals surface area contributed by atoms with E-state index in [1.165, 1.54) is 23.1 Å². The summed E-state index contributed by atoms with van der Waals surface area (Å²) < 4.78 is 11.0. The molecule has 0 saturated carbocycles. The van der Waals surface area contributed by atoms with Crippen LogP contribution in [0.2, 0.25) is 5.02 Å². The Hall–Kier alpha value is -1.42. The van der Waals surface area contributed by atoms with E-state index in [4.69, 9.17) is 21.1 Å². The highest BCUT2D eigenvalue weighted by molar-refractivity contribution is 6.30. The summed E-state index contributed by atoms with van der Waals surface area (Å²) in [5.41, 5.74) is 4.20. The predicted octanol–water partition coefficient (Wildman–Crippen LogP) is 5.26. The topological polar surface area (TPSA) is 21.7 Å². The third kappa shape index (κ3) is 3.53. The lowest BCUT2D eigenvalue weighted by Crippen LogP contribution is -2.40. The van der Waals surface area contributed by atoms with E-state index in [1.54, 1.807) is 14.2 Å². The summed E-state index contributed by atoms with van der Waals surface area (Å²) in [6.07, 6.45) is 3.43. The molecule has 2 aliphatic heterocycles. The molecule has 2 aromatic rings. The third-order valence-electron chi connectivity index (χ3n) is 5.73. The zero-order chi connectivity index (χ0) is 17.4. The number of piperidine rings is 1. The van der Waals surface area contributed by atoms with Gasteiger partial charge < -0.3 is 9.47 Å². The van der Waals surface area contributed by atoms with E-state index in [9.17, 15) is 0 Å². The maximum Gasteiger partial charge on any atom is 0.161 e. The van der Waals surface area contributed by atoms with Crippen LogP contribution in [-0.2, 0) is 6.42 Å². The lowest BCUT2D eigenvalue weighted by Gasteiger charge is -2.43. The lowest BCUT2D eigenvalue weighted by molar-refractivity contribution is 0.125. The second-order valence-corrected chi connectivity index (χ2v) is 7.42. The number of ether oxygens (including phenoxy) is 2. The largest absolute Gasteiger partial charge is 0.493 e. The average molecular weight is 394 g/mol. The third-order valence-corrected chi connectivity index (χ3v) is 5.98. The number of methoxy groups -OCH3 is 2. The van der Waals surface area contributed by atoms with Gasteiger partial charge in [0.1, 0.15) is 0 Å². The molecular weight excluding hydrogens is 369 g/mol. The van der Waals surface area contributed by atoms with Crippen molar-refractivity contribution < 1.29 is 9.47 Å². The van der Waals surface area contributed by atoms with Gasteiger partial charge in [0.25, 0.3) is 0 Å². The van der Waals surface area contributed by atoms with Crippen molar-refractivity contribution in [2.75, 3.05) is 27.3 Å². The Morgan fingerprint density at radius 1 is 1.00 bits per heavy atom. The van der Waals surface area contributed by atoms with Crippen LogP contribution in [-0.4, -0.2) is 32.2 Å². The minimum absolute atomic E-state index is 0. The molecule has 2 heterocycles. The number of fused-ring (bicyclic) bond motifs is 3. The van der Waals surface area contributed by atoms with Crippen molar-refractivity contribution in [3.8, 4) is 11.5 Å². The summed E-state index contributed by atoms with van der Waals surface area (Å²) in [4.78, 5) is 2.63. The van der Waals surface area contributed by atoms with Gasteiger partial charge >= 0.3 is 0 Å². The number of halogens is 2. The molecule has 0 amide bonds.